The van der Waals surface area contributed by atoms with Gasteiger partial charge in [0.25, 0.3) is 10.2 Å². The van der Waals surface area contributed by atoms with Crippen molar-refractivity contribution in [2.45, 2.75) is 25.8 Å². The Bertz CT molecular complexity index is 539. The molecule has 3 amide bonds. The first-order valence-corrected chi connectivity index (χ1v) is 9.28. The van der Waals surface area contributed by atoms with Crippen LogP contribution in [0.3, 0.4) is 0 Å². The molecule has 132 valence electrons. The van der Waals surface area contributed by atoms with Gasteiger partial charge in [-0.3, -0.25) is 15.0 Å². The molecule has 1 atom stereocenters. The van der Waals surface area contributed by atoms with Gasteiger partial charge in [0.15, 0.2) is 0 Å². The predicted octanol–water partition coefficient (Wildman–Crippen LogP) is -1.21. The molecule has 2 rings (SSSR count). The summed E-state index contributed by atoms with van der Waals surface area (Å²) in [5.41, 5.74) is 0. The van der Waals surface area contributed by atoms with Crippen LogP contribution in [-0.2, 0) is 15.0 Å². The standard InChI is InChI=1S/C13H25N5O4S/c1-11(12(19)15-13(20)14-2)16-7-9-18(10-8-16)23(21,22)17-5-3-4-6-17/h11H,3-10H2,1-2H3,(H2,14,15,19,20). The summed E-state index contributed by atoms with van der Waals surface area (Å²) in [4.78, 5) is 25.0. The Labute approximate surface area is 137 Å². The third-order valence-corrected chi connectivity index (χ3v) is 6.42. The molecule has 0 aromatic heterocycles. The Morgan fingerprint density at radius 2 is 1.48 bits per heavy atom. The van der Waals surface area contributed by atoms with Gasteiger partial charge in [-0.05, 0) is 19.8 Å². The molecule has 0 aromatic rings. The number of hydrogen-bond donors (Lipinski definition) is 2. The van der Waals surface area contributed by atoms with E-state index in [0.717, 1.165) is 12.8 Å². The van der Waals surface area contributed by atoms with E-state index in [4.69, 9.17) is 0 Å². The van der Waals surface area contributed by atoms with Crippen molar-refractivity contribution in [2.75, 3.05) is 46.3 Å². The van der Waals surface area contributed by atoms with E-state index in [1.165, 1.54) is 15.7 Å². The molecule has 2 aliphatic heterocycles. The van der Waals surface area contributed by atoms with Gasteiger partial charge >= 0.3 is 6.03 Å². The van der Waals surface area contributed by atoms with Gasteiger partial charge in [-0.2, -0.15) is 17.0 Å². The predicted molar refractivity (Wildman–Crippen MR) is 84.9 cm³/mol. The number of piperazine rings is 1. The Hall–Kier alpha value is -1.23. The summed E-state index contributed by atoms with van der Waals surface area (Å²) in [6, 6.07) is -1.03. The first-order valence-electron chi connectivity index (χ1n) is 7.88. The van der Waals surface area contributed by atoms with Gasteiger partial charge in [0.1, 0.15) is 0 Å². The highest BCUT2D eigenvalue weighted by Crippen LogP contribution is 2.18. The molecule has 0 aliphatic carbocycles. The van der Waals surface area contributed by atoms with Gasteiger partial charge in [-0.25, -0.2) is 4.79 Å². The average Bonchev–Trinajstić information content (AvgIpc) is 3.09. The summed E-state index contributed by atoms with van der Waals surface area (Å²) in [5, 5.41) is 4.57. The normalized spacial score (nSPS) is 22.7. The number of hydrogen-bond acceptors (Lipinski definition) is 5. The lowest BCUT2D eigenvalue weighted by Crippen LogP contribution is -2.57. The van der Waals surface area contributed by atoms with Crippen LogP contribution in [0.4, 0.5) is 4.79 Å². The lowest BCUT2D eigenvalue weighted by atomic mass is 10.2. The number of carbonyl (C=O) groups is 2. The molecule has 10 heteroatoms. The van der Waals surface area contributed by atoms with Crippen molar-refractivity contribution in [1.29, 1.82) is 0 Å². The number of amides is 3. The first kappa shape index (κ1) is 18.1. The molecule has 0 spiro atoms. The van der Waals surface area contributed by atoms with Crippen LogP contribution in [0.5, 0.6) is 0 Å². The Morgan fingerprint density at radius 3 is 2.00 bits per heavy atom. The molecular weight excluding hydrogens is 322 g/mol. The van der Waals surface area contributed by atoms with Gasteiger partial charge in [0.2, 0.25) is 5.91 Å². The highest BCUT2D eigenvalue weighted by Gasteiger charge is 2.35. The van der Waals surface area contributed by atoms with Crippen molar-refractivity contribution >= 4 is 22.1 Å². The van der Waals surface area contributed by atoms with E-state index >= 15 is 0 Å². The van der Waals surface area contributed by atoms with Gasteiger partial charge in [-0.1, -0.05) is 0 Å². The van der Waals surface area contributed by atoms with Crippen LogP contribution in [0.1, 0.15) is 19.8 Å². The summed E-state index contributed by atoms with van der Waals surface area (Å²) < 4.78 is 28.0. The highest BCUT2D eigenvalue weighted by molar-refractivity contribution is 7.86. The summed E-state index contributed by atoms with van der Waals surface area (Å²) in [5.74, 6) is -0.389. The minimum Gasteiger partial charge on any atom is -0.341 e. The molecule has 2 fully saturated rings. The lowest BCUT2D eigenvalue weighted by molar-refractivity contribution is -0.125. The van der Waals surface area contributed by atoms with Gasteiger partial charge in [-0.15, -0.1) is 0 Å². The number of imide groups is 1. The number of nitrogens with zero attached hydrogens (tertiary/aromatic N) is 3. The summed E-state index contributed by atoms with van der Waals surface area (Å²) in [6.45, 7) is 4.54. The largest absolute Gasteiger partial charge is 0.341 e. The summed E-state index contributed by atoms with van der Waals surface area (Å²) in [6.07, 6.45) is 1.83. The van der Waals surface area contributed by atoms with Crippen LogP contribution in [0, 0.1) is 0 Å². The zero-order chi connectivity index (χ0) is 17.0. The minimum atomic E-state index is -3.38. The fourth-order valence-electron chi connectivity index (χ4n) is 2.85. The molecule has 2 saturated heterocycles. The monoisotopic (exact) mass is 347 g/mol. The quantitative estimate of drug-likeness (QED) is 0.664. The topological polar surface area (TPSA) is 102 Å². The van der Waals surface area contributed by atoms with Crippen LogP contribution in [0.25, 0.3) is 0 Å². The maximum absolute atomic E-state index is 12.5. The zero-order valence-corrected chi connectivity index (χ0v) is 14.4. The van der Waals surface area contributed by atoms with E-state index < -0.39 is 22.3 Å². The van der Waals surface area contributed by atoms with Gasteiger partial charge in [0, 0.05) is 46.3 Å². The highest BCUT2D eigenvalue weighted by atomic mass is 32.2. The fourth-order valence-corrected chi connectivity index (χ4v) is 4.52. The van der Waals surface area contributed by atoms with E-state index in [0.29, 0.717) is 39.3 Å². The fraction of sp³-hybridized carbons (Fsp3) is 0.846. The van der Waals surface area contributed by atoms with E-state index in [1.54, 1.807) is 6.92 Å². The number of nitrogens with one attached hydrogen (secondary N) is 2. The van der Waals surface area contributed by atoms with Crippen LogP contribution in [0.15, 0.2) is 0 Å². The molecule has 1 unspecified atom stereocenters. The van der Waals surface area contributed by atoms with Crippen LogP contribution >= 0.6 is 0 Å². The molecule has 0 aromatic carbocycles. The molecular formula is C13H25N5O4S. The summed E-state index contributed by atoms with van der Waals surface area (Å²) >= 11 is 0. The Balaban J connectivity index is 1.88. The van der Waals surface area contributed by atoms with E-state index in [2.05, 4.69) is 10.6 Å². The first-order chi connectivity index (χ1) is 10.9. The molecule has 2 heterocycles. The SMILES string of the molecule is CNC(=O)NC(=O)C(C)N1CCN(S(=O)(=O)N2CCCC2)CC1. The molecule has 9 nitrogen and oxygen atoms in total. The zero-order valence-electron chi connectivity index (χ0n) is 13.6. The lowest BCUT2D eigenvalue weighted by Gasteiger charge is -2.37. The Kier molecular flexibility index (Phi) is 5.95. The van der Waals surface area contributed by atoms with Crippen molar-refractivity contribution in [3.63, 3.8) is 0 Å². The van der Waals surface area contributed by atoms with Crippen LogP contribution in [-0.4, -0.2) is 86.2 Å². The molecule has 0 radical (unpaired) electrons. The average molecular weight is 347 g/mol. The molecule has 2 aliphatic rings. The molecule has 0 bridgehead atoms. The van der Waals surface area contributed by atoms with Gasteiger partial charge < -0.3 is 5.32 Å². The maximum Gasteiger partial charge on any atom is 0.321 e. The van der Waals surface area contributed by atoms with Crippen LogP contribution in [0.2, 0.25) is 0 Å². The maximum atomic E-state index is 12.5. The number of carbonyl (C=O) groups excluding carboxylic acids is 2. The van der Waals surface area contributed by atoms with Crippen molar-refractivity contribution in [3.8, 4) is 0 Å². The van der Waals surface area contributed by atoms with Gasteiger partial charge in [0.05, 0.1) is 6.04 Å². The Morgan fingerprint density at radius 1 is 0.957 bits per heavy atom. The smallest absolute Gasteiger partial charge is 0.321 e. The molecule has 2 N–H and O–H groups in total. The van der Waals surface area contributed by atoms with Crippen molar-refractivity contribution in [2.24, 2.45) is 0 Å². The van der Waals surface area contributed by atoms with E-state index in [-0.39, 0.29) is 5.91 Å². The molecule has 23 heavy (non-hydrogen) atoms. The second-order valence-electron chi connectivity index (χ2n) is 5.79. The van der Waals surface area contributed by atoms with E-state index in [9.17, 15) is 18.0 Å². The van der Waals surface area contributed by atoms with Crippen molar-refractivity contribution in [1.82, 2.24) is 24.1 Å². The number of urea groups is 1. The summed E-state index contributed by atoms with van der Waals surface area (Å²) in [7, 11) is -1.94. The second kappa shape index (κ2) is 7.56. The third kappa shape index (κ3) is 4.19. The molecule has 0 saturated carbocycles. The van der Waals surface area contributed by atoms with Crippen molar-refractivity contribution < 1.29 is 18.0 Å². The van der Waals surface area contributed by atoms with E-state index in [1.807, 2.05) is 4.90 Å². The minimum absolute atomic E-state index is 0.358. The van der Waals surface area contributed by atoms with Crippen molar-refractivity contribution in [3.05, 3.63) is 0 Å². The second-order valence-corrected chi connectivity index (χ2v) is 7.72. The third-order valence-electron chi connectivity index (χ3n) is 4.38. The number of rotatable bonds is 4. The van der Waals surface area contributed by atoms with Crippen LogP contribution < -0.4 is 10.6 Å².